The van der Waals surface area contributed by atoms with Crippen molar-refractivity contribution in [2.24, 2.45) is 5.73 Å². The van der Waals surface area contributed by atoms with Gasteiger partial charge in [-0.25, -0.2) is 8.78 Å². The van der Waals surface area contributed by atoms with Crippen LogP contribution in [0.4, 0.5) is 8.78 Å². The predicted octanol–water partition coefficient (Wildman–Crippen LogP) is 1.45. The molecule has 21 heavy (non-hydrogen) atoms. The van der Waals surface area contributed by atoms with Gasteiger partial charge < -0.3 is 11.1 Å². The van der Waals surface area contributed by atoms with E-state index >= 15 is 0 Å². The van der Waals surface area contributed by atoms with E-state index in [0.717, 1.165) is 0 Å². The van der Waals surface area contributed by atoms with Gasteiger partial charge in [0.05, 0.1) is 12.1 Å². The van der Waals surface area contributed by atoms with Crippen LogP contribution in [0.15, 0.2) is 24.5 Å². The van der Waals surface area contributed by atoms with E-state index in [4.69, 9.17) is 11.0 Å². The Kier molecular flexibility index (Phi) is 4.19. The molecule has 0 spiro atoms. The first-order valence-electron chi connectivity index (χ1n) is 6.66. The molecule has 7 heteroatoms. The van der Waals surface area contributed by atoms with Crippen molar-refractivity contribution in [3.63, 3.8) is 0 Å². The van der Waals surface area contributed by atoms with E-state index in [1.54, 1.807) is 0 Å². The highest BCUT2D eigenvalue weighted by Gasteiger charge is 2.45. The van der Waals surface area contributed by atoms with Gasteiger partial charge in [0.15, 0.2) is 0 Å². The zero-order valence-corrected chi connectivity index (χ0v) is 11.4. The van der Waals surface area contributed by atoms with Gasteiger partial charge in [-0.1, -0.05) is 0 Å². The summed E-state index contributed by atoms with van der Waals surface area (Å²) in [5.74, 6) is -3.62. The molecule has 1 aromatic rings. The molecule has 1 atom stereocenters. The molecule has 0 aromatic carbocycles. The maximum Gasteiger partial charge on any atom is 0.273 e. The highest BCUT2D eigenvalue weighted by Crippen LogP contribution is 2.35. The summed E-state index contributed by atoms with van der Waals surface area (Å²) in [5.41, 5.74) is 4.64. The molecule has 112 valence electrons. The third kappa shape index (κ3) is 3.73. The number of halogens is 2. The Labute approximate surface area is 121 Å². The number of alkyl halides is 2. The Hall–Kier alpha value is -2.07. The number of rotatable bonds is 6. The van der Waals surface area contributed by atoms with E-state index in [1.807, 2.05) is 6.07 Å². The predicted molar refractivity (Wildman–Crippen MR) is 71.1 cm³/mol. The van der Waals surface area contributed by atoms with Crippen LogP contribution in [0.2, 0.25) is 0 Å². The SMILES string of the molecule is N#CC1(NC(=O)[C@@H](N)CCC(F)(F)c2ccncc2)CC1. The third-order valence-corrected chi connectivity index (χ3v) is 3.54. The van der Waals surface area contributed by atoms with Crippen LogP contribution in [0.3, 0.4) is 0 Å². The lowest BCUT2D eigenvalue weighted by molar-refractivity contribution is -0.123. The molecule has 1 heterocycles. The highest BCUT2D eigenvalue weighted by molar-refractivity contribution is 5.83. The summed E-state index contributed by atoms with van der Waals surface area (Å²) in [7, 11) is 0. The molecule has 0 radical (unpaired) electrons. The molecule has 2 rings (SSSR count). The van der Waals surface area contributed by atoms with Gasteiger partial charge in [0.2, 0.25) is 5.91 Å². The lowest BCUT2D eigenvalue weighted by Crippen LogP contribution is -2.46. The molecular weight excluding hydrogens is 278 g/mol. The third-order valence-electron chi connectivity index (χ3n) is 3.54. The number of nitrogens with zero attached hydrogens (tertiary/aromatic N) is 2. The monoisotopic (exact) mass is 294 g/mol. The molecule has 1 aromatic heterocycles. The number of hydrogen-bond donors (Lipinski definition) is 2. The molecule has 1 amide bonds. The van der Waals surface area contributed by atoms with Crippen molar-refractivity contribution >= 4 is 5.91 Å². The van der Waals surface area contributed by atoms with Crippen LogP contribution in [0.25, 0.3) is 0 Å². The second kappa shape index (κ2) is 5.74. The highest BCUT2D eigenvalue weighted by atomic mass is 19.3. The van der Waals surface area contributed by atoms with E-state index in [1.165, 1.54) is 24.5 Å². The Bertz CT molecular complexity index is 552. The van der Waals surface area contributed by atoms with Gasteiger partial charge in [-0.15, -0.1) is 0 Å². The Balaban J connectivity index is 1.87. The van der Waals surface area contributed by atoms with Crippen LogP contribution in [-0.4, -0.2) is 22.5 Å². The summed E-state index contributed by atoms with van der Waals surface area (Å²) < 4.78 is 27.9. The Morgan fingerprint density at radius 3 is 2.67 bits per heavy atom. The van der Waals surface area contributed by atoms with Crippen LogP contribution in [0.1, 0.15) is 31.2 Å². The summed E-state index contributed by atoms with van der Waals surface area (Å²) in [4.78, 5) is 15.5. The van der Waals surface area contributed by atoms with Crippen LogP contribution < -0.4 is 11.1 Å². The molecule has 0 aliphatic heterocycles. The van der Waals surface area contributed by atoms with E-state index in [-0.39, 0.29) is 12.0 Å². The number of carbonyl (C=O) groups excluding carboxylic acids is 1. The zero-order chi connectivity index (χ0) is 15.5. The van der Waals surface area contributed by atoms with E-state index in [9.17, 15) is 13.6 Å². The number of nitriles is 1. The van der Waals surface area contributed by atoms with Crippen molar-refractivity contribution in [2.45, 2.75) is 43.2 Å². The minimum Gasteiger partial charge on any atom is -0.336 e. The fourth-order valence-corrected chi connectivity index (χ4v) is 1.93. The second-order valence-corrected chi connectivity index (χ2v) is 5.27. The van der Waals surface area contributed by atoms with Gasteiger partial charge in [0.25, 0.3) is 5.92 Å². The molecule has 5 nitrogen and oxygen atoms in total. The van der Waals surface area contributed by atoms with Crippen molar-refractivity contribution in [1.82, 2.24) is 10.3 Å². The minimum atomic E-state index is -3.06. The molecular formula is C14H16F2N4O. The number of pyridine rings is 1. The fraction of sp³-hybridized carbons (Fsp3) is 0.500. The fourth-order valence-electron chi connectivity index (χ4n) is 1.93. The van der Waals surface area contributed by atoms with E-state index < -0.39 is 29.8 Å². The quantitative estimate of drug-likeness (QED) is 0.830. The standard InChI is InChI=1S/C14H16F2N4O/c15-14(16,10-2-7-19-8-3-10)4-1-11(18)12(21)20-13(9-17)5-6-13/h2-3,7-8,11H,1,4-6,18H2,(H,20,21)/t11-/m0/s1. The first-order valence-corrected chi connectivity index (χ1v) is 6.66. The summed E-state index contributed by atoms with van der Waals surface area (Å²) in [5, 5.41) is 11.4. The van der Waals surface area contributed by atoms with Crippen molar-refractivity contribution in [3.8, 4) is 6.07 Å². The molecule has 1 saturated carbocycles. The number of nitrogens with one attached hydrogen (secondary N) is 1. The van der Waals surface area contributed by atoms with Gasteiger partial charge in [0, 0.05) is 24.4 Å². The van der Waals surface area contributed by atoms with Crippen LogP contribution in [0.5, 0.6) is 0 Å². The maximum atomic E-state index is 13.9. The van der Waals surface area contributed by atoms with Crippen molar-refractivity contribution < 1.29 is 13.6 Å². The number of amides is 1. The molecule has 0 bridgehead atoms. The molecule has 3 N–H and O–H groups in total. The van der Waals surface area contributed by atoms with Crippen LogP contribution >= 0.6 is 0 Å². The lowest BCUT2D eigenvalue weighted by atomic mass is 10.0. The van der Waals surface area contributed by atoms with Crippen molar-refractivity contribution in [2.75, 3.05) is 0 Å². The Morgan fingerprint density at radius 2 is 2.14 bits per heavy atom. The first-order chi connectivity index (χ1) is 9.88. The van der Waals surface area contributed by atoms with Crippen LogP contribution in [0, 0.1) is 11.3 Å². The topological polar surface area (TPSA) is 91.8 Å². The first kappa shape index (κ1) is 15.3. The van der Waals surface area contributed by atoms with Gasteiger partial charge >= 0.3 is 0 Å². The molecule has 1 aliphatic rings. The smallest absolute Gasteiger partial charge is 0.273 e. The molecule has 0 saturated heterocycles. The lowest BCUT2D eigenvalue weighted by Gasteiger charge is -2.19. The van der Waals surface area contributed by atoms with Gasteiger partial charge in [-0.3, -0.25) is 9.78 Å². The van der Waals surface area contributed by atoms with Crippen molar-refractivity contribution in [3.05, 3.63) is 30.1 Å². The summed E-state index contributed by atoms with van der Waals surface area (Å²) >= 11 is 0. The van der Waals surface area contributed by atoms with Gasteiger partial charge in [0.1, 0.15) is 5.54 Å². The summed E-state index contributed by atoms with van der Waals surface area (Å²) in [6.45, 7) is 0. The largest absolute Gasteiger partial charge is 0.336 e. The minimum absolute atomic E-state index is 0.152. The van der Waals surface area contributed by atoms with Gasteiger partial charge in [-0.2, -0.15) is 5.26 Å². The molecule has 0 unspecified atom stereocenters. The number of carbonyl (C=O) groups is 1. The maximum absolute atomic E-state index is 13.9. The summed E-state index contributed by atoms with van der Waals surface area (Å²) in [6, 6.07) is 3.41. The summed E-state index contributed by atoms with van der Waals surface area (Å²) in [6.07, 6.45) is 3.04. The zero-order valence-electron chi connectivity index (χ0n) is 11.4. The molecule has 1 aliphatic carbocycles. The molecule has 1 fully saturated rings. The normalized spacial score (nSPS) is 17.6. The van der Waals surface area contributed by atoms with Crippen molar-refractivity contribution in [1.29, 1.82) is 5.26 Å². The average Bonchev–Trinajstić information content (AvgIpc) is 3.26. The number of hydrogen-bond acceptors (Lipinski definition) is 4. The van der Waals surface area contributed by atoms with Crippen LogP contribution in [-0.2, 0) is 10.7 Å². The Morgan fingerprint density at radius 1 is 1.52 bits per heavy atom. The second-order valence-electron chi connectivity index (χ2n) is 5.27. The van der Waals surface area contributed by atoms with E-state index in [2.05, 4.69) is 10.3 Å². The number of aromatic nitrogens is 1. The number of nitrogens with two attached hydrogens (primary N) is 1. The van der Waals surface area contributed by atoms with E-state index in [0.29, 0.717) is 12.8 Å². The average molecular weight is 294 g/mol. The van der Waals surface area contributed by atoms with Gasteiger partial charge in [-0.05, 0) is 31.4 Å².